The third kappa shape index (κ3) is 2.67. The first kappa shape index (κ1) is 14.1. The number of hydrogen-bond acceptors (Lipinski definition) is 4. The summed E-state index contributed by atoms with van der Waals surface area (Å²) in [6.45, 7) is 0.245. The zero-order valence-electron chi connectivity index (χ0n) is 11.4. The minimum absolute atomic E-state index is 0.126. The fraction of sp³-hybridized carbons (Fsp3) is 0.500. The Morgan fingerprint density at radius 1 is 1.55 bits per heavy atom. The molecular weight excluding hydrogens is 258 g/mol. The monoisotopic (exact) mass is 275 g/mol. The van der Waals surface area contributed by atoms with Gasteiger partial charge < -0.3 is 14.6 Å². The average molecular weight is 275 g/mol. The SMILES string of the molecule is CN(C(=O)CCNC(=O)c1ccoc1)C1(C#N)CCC1. The molecule has 2 rings (SSSR count). The summed E-state index contributed by atoms with van der Waals surface area (Å²) in [5.41, 5.74) is -0.204. The molecule has 0 saturated heterocycles. The molecule has 1 aromatic rings. The van der Waals surface area contributed by atoms with Crippen molar-refractivity contribution in [2.75, 3.05) is 13.6 Å². The number of nitrogens with zero attached hydrogens (tertiary/aromatic N) is 2. The van der Waals surface area contributed by atoms with Gasteiger partial charge in [-0.3, -0.25) is 9.59 Å². The molecule has 106 valence electrons. The van der Waals surface area contributed by atoms with Gasteiger partial charge in [0, 0.05) is 20.0 Å². The molecule has 0 unspecified atom stereocenters. The van der Waals surface area contributed by atoms with Gasteiger partial charge in [-0.05, 0) is 25.3 Å². The van der Waals surface area contributed by atoms with E-state index in [1.807, 2.05) is 0 Å². The van der Waals surface area contributed by atoms with E-state index in [2.05, 4.69) is 11.4 Å². The quantitative estimate of drug-likeness (QED) is 0.877. The molecule has 1 saturated carbocycles. The first-order chi connectivity index (χ1) is 9.59. The number of nitriles is 1. The molecule has 0 bridgehead atoms. The van der Waals surface area contributed by atoms with E-state index >= 15 is 0 Å². The summed E-state index contributed by atoms with van der Waals surface area (Å²) in [6, 6.07) is 3.78. The minimum Gasteiger partial charge on any atom is -0.472 e. The Labute approximate surface area is 117 Å². The predicted octanol–water partition coefficient (Wildman–Crippen LogP) is 1.30. The summed E-state index contributed by atoms with van der Waals surface area (Å²) < 4.78 is 4.81. The molecule has 0 aromatic carbocycles. The van der Waals surface area contributed by atoms with Crippen molar-refractivity contribution in [1.29, 1.82) is 5.26 Å². The van der Waals surface area contributed by atoms with Gasteiger partial charge in [-0.1, -0.05) is 0 Å². The normalized spacial score (nSPS) is 15.8. The van der Waals surface area contributed by atoms with E-state index in [0.717, 1.165) is 19.3 Å². The van der Waals surface area contributed by atoms with E-state index in [-0.39, 0.29) is 24.8 Å². The molecule has 1 aromatic heterocycles. The fourth-order valence-electron chi connectivity index (χ4n) is 2.22. The summed E-state index contributed by atoms with van der Waals surface area (Å²) >= 11 is 0. The number of amides is 2. The Balaban J connectivity index is 1.78. The van der Waals surface area contributed by atoms with E-state index in [9.17, 15) is 14.9 Å². The van der Waals surface area contributed by atoms with Gasteiger partial charge >= 0.3 is 0 Å². The summed E-state index contributed by atoms with van der Waals surface area (Å²) in [7, 11) is 1.66. The topological polar surface area (TPSA) is 86.3 Å². The van der Waals surface area contributed by atoms with Crippen LogP contribution in [0.1, 0.15) is 36.0 Å². The molecule has 1 aliphatic rings. The van der Waals surface area contributed by atoms with Crippen molar-refractivity contribution in [3.8, 4) is 6.07 Å². The molecule has 0 aliphatic heterocycles. The number of rotatable bonds is 5. The van der Waals surface area contributed by atoms with E-state index < -0.39 is 5.54 Å². The van der Waals surface area contributed by atoms with Crippen molar-refractivity contribution < 1.29 is 14.0 Å². The molecule has 1 heterocycles. The number of carbonyl (C=O) groups is 2. The maximum atomic E-state index is 12.0. The van der Waals surface area contributed by atoms with Crippen LogP contribution in [0.2, 0.25) is 0 Å². The van der Waals surface area contributed by atoms with Gasteiger partial charge in [0.1, 0.15) is 11.8 Å². The van der Waals surface area contributed by atoms with Crippen molar-refractivity contribution in [1.82, 2.24) is 10.2 Å². The standard InChI is InChI=1S/C14H17N3O3/c1-17(14(10-15)5-2-6-14)12(18)3-7-16-13(19)11-4-8-20-9-11/h4,8-9H,2-3,5-7H2,1H3,(H,16,19). The number of carbonyl (C=O) groups excluding carboxylic acids is 2. The Morgan fingerprint density at radius 3 is 2.80 bits per heavy atom. The first-order valence-corrected chi connectivity index (χ1v) is 6.57. The average Bonchev–Trinajstić information content (AvgIpc) is 2.91. The van der Waals surface area contributed by atoms with E-state index in [4.69, 9.17) is 4.42 Å². The molecule has 1 N–H and O–H groups in total. The summed E-state index contributed by atoms with van der Waals surface area (Å²) in [4.78, 5) is 25.2. The van der Waals surface area contributed by atoms with Crippen LogP contribution in [0.5, 0.6) is 0 Å². The lowest BCUT2D eigenvalue weighted by molar-refractivity contribution is -0.136. The Bertz CT molecular complexity index is 526. The van der Waals surface area contributed by atoms with Gasteiger partial charge in [0.25, 0.3) is 5.91 Å². The zero-order chi connectivity index (χ0) is 14.6. The van der Waals surface area contributed by atoms with Gasteiger partial charge in [0.15, 0.2) is 0 Å². The highest BCUT2D eigenvalue weighted by Crippen LogP contribution is 2.36. The van der Waals surface area contributed by atoms with Crippen LogP contribution in [0, 0.1) is 11.3 Å². The van der Waals surface area contributed by atoms with Crippen LogP contribution in [0.25, 0.3) is 0 Å². The largest absolute Gasteiger partial charge is 0.472 e. The first-order valence-electron chi connectivity index (χ1n) is 6.57. The molecule has 0 atom stereocenters. The second-order valence-electron chi connectivity index (χ2n) is 4.97. The van der Waals surface area contributed by atoms with Crippen LogP contribution < -0.4 is 5.32 Å². The van der Waals surface area contributed by atoms with Crippen LogP contribution in [-0.4, -0.2) is 35.8 Å². The molecular formula is C14H17N3O3. The lowest BCUT2D eigenvalue weighted by atomic mass is 9.76. The van der Waals surface area contributed by atoms with Crippen molar-refractivity contribution in [3.05, 3.63) is 24.2 Å². The third-order valence-electron chi connectivity index (χ3n) is 3.81. The second kappa shape index (κ2) is 5.78. The van der Waals surface area contributed by atoms with Crippen LogP contribution in [0.4, 0.5) is 0 Å². The lowest BCUT2D eigenvalue weighted by Crippen LogP contribution is -2.53. The van der Waals surface area contributed by atoms with E-state index in [1.54, 1.807) is 13.1 Å². The molecule has 20 heavy (non-hydrogen) atoms. The van der Waals surface area contributed by atoms with E-state index in [0.29, 0.717) is 5.56 Å². The molecule has 0 radical (unpaired) electrons. The summed E-state index contributed by atoms with van der Waals surface area (Å²) in [5.74, 6) is -0.397. The maximum Gasteiger partial charge on any atom is 0.254 e. The van der Waals surface area contributed by atoms with Crippen LogP contribution in [0.15, 0.2) is 23.0 Å². The Kier molecular flexibility index (Phi) is 4.08. The third-order valence-corrected chi connectivity index (χ3v) is 3.81. The summed E-state index contributed by atoms with van der Waals surface area (Å²) in [6.07, 6.45) is 5.38. The maximum absolute atomic E-state index is 12.0. The summed E-state index contributed by atoms with van der Waals surface area (Å²) in [5, 5.41) is 11.8. The predicted molar refractivity (Wildman–Crippen MR) is 70.6 cm³/mol. The second-order valence-corrected chi connectivity index (χ2v) is 4.97. The van der Waals surface area contributed by atoms with Gasteiger partial charge in [-0.2, -0.15) is 5.26 Å². The number of hydrogen-bond donors (Lipinski definition) is 1. The number of furan rings is 1. The molecule has 6 heteroatoms. The van der Waals surface area contributed by atoms with Crippen molar-refractivity contribution >= 4 is 11.8 Å². The molecule has 6 nitrogen and oxygen atoms in total. The minimum atomic E-state index is -0.633. The van der Waals surface area contributed by atoms with Crippen LogP contribution in [0.3, 0.4) is 0 Å². The van der Waals surface area contributed by atoms with Crippen LogP contribution in [-0.2, 0) is 4.79 Å². The van der Waals surface area contributed by atoms with Gasteiger partial charge in [0.2, 0.25) is 5.91 Å². The fourth-order valence-corrected chi connectivity index (χ4v) is 2.22. The highest BCUT2D eigenvalue weighted by Gasteiger charge is 2.43. The van der Waals surface area contributed by atoms with Gasteiger partial charge in [-0.25, -0.2) is 0 Å². The number of nitrogens with one attached hydrogen (secondary N) is 1. The van der Waals surface area contributed by atoms with Gasteiger partial charge in [-0.15, -0.1) is 0 Å². The Hall–Kier alpha value is -2.29. The molecule has 2 amide bonds. The lowest BCUT2D eigenvalue weighted by Gasteiger charge is -2.43. The highest BCUT2D eigenvalue weighted by atomic mass is 16.3. The van der Waals surface area contributed by atoms with Crippen molar-refractivity contribution in [2.24, 2.45) is 0 Å². The molecule has 1 aliphatic carbocycles. The smallest absolute Gasteiger partial charge is 0.254 e. The van der Waals surface area contributed by atoms with Crippen molar-refractivity contribution in [2.45, 2.75) is 31.2 Å². The zero-order valence-corrected chi connectivity index (χ0v) is 11.4. The van der Waals surface area contributed by atoms with Crippen LogP contribution >= 0.6 is 0 Å². The highest BCUT2D eigenvalue weighted by molar-refractivity contribution is 5.94. The van der Waals surface area contributed by atoms with Crippen molar-refractivity contribution in [3.63, 3.8) is 0 Å². The molecule has 0 spiro atoms. The molecule has 1 fully saturated rings. The van der Waals surface area contributed by atoms with Gasteiger partial charge in [0.05, 0.1) is 17.9 Å². The van der Waals surface area contributed by atoms with E-state index in [1.165, 1.54) is 17.4 Å². The Morgan fingerprint density at radius 2 is 2.30 bits per heavy atom.